The Bertz CT molecular complexity index is 970. The maximum atomic E-state index is 12.2. The monoisotopic (exact) mass is 395 g/mol. The smallest absolute Gasteiger partial charge is 0.311 e. The van der Waals surface area contributed by atoms with Crippen LogP contribution in [0.25, 0.3) is 0 Å². The molecular formula is C16H17N3O7S. The van der Waals surface area contributed by atoms with Crippen molar-refractivity contribution in [1.82, 2.24) is 4.83 Å². The van der Waals surface area contributed by atoms with E-state index < -0.39 is 32.1 Å². The van der Waals surface area contributed by atoms with Gasteiger partial charge in [-0.25, -0.2) is 4.83 Å². The van der Waals surface area contributed by atoms with Crippen LogP contribution in [-0.2, 0) is 10.0 Å². The number of sulfonamides is 1. The molecule has 2 aromatic rings. The molecule has 0 aliphatic rings. The summed E-state index contributed by atoms with van der Waals surface area (Å²) in [4.78, 5) is 11.8. The first kappa shape index (κ1) is 20.0. The number of nitrogens with zero attached hydrogens (tertiary/aromatic N) is 2. The van der Waals surface area contributed by atoms with Gasteiger partial charge in [0.2, 0.25) is 0 Å². The normalized spacial score (nSPS) is 11.7. The molecular weight excluding hydrogens is 378 g/mol. The van der Waals surface area contributed by atoms with E-state index in [9.17, 15) is 28.7 Å². The average molecular weight is 395 g/mol. The third-order valence-corrected chi connectivity index (χ3v) is 4.44. The molecule has 11 heteroatoms. The van der Waals surface area contributed by atoms with Crippen molar-refractivity contribution in [3.63, 3.8) is 0 Å². The molecule has 0 aliphatic carbocycles. The Morgan fingerprint density at radius 2 is 1.81 bits per heavy atom. The quantitative estimate of drug-likeness (QED) is 0.369. The van der Waals surface area contributed by atoms with Crippen LogP contribution in [0, 0.1) is 10.1 Å². The molecule has 144 valence electrons. The van der Waals surface area contributed by atoms with E-state index in [1.165, 1.54) is 24.3 Å². The zero-order valence-corrected chi connectivity index (χ0v) is 15.2. The molecule has 0 spiro atoms. The summed E-state index contributed by atoms with van der Waals surface area (Å²) in [6.07, 6.45) is 0.826. The van der Waals surface area contributed by atoms with Crippen LogP contribution in [0.15, 0.2) is 46.4 Å². The summed E-state index contributed by atoms with van der Waals surface area (Å²) in [5.74, 6) is -0.719. The van der Waals surface area contributed by atoms with Gasteiger partial charge in [-0.05, 0) is 38.1 Å². The molecule has 0 atom stereocenters. The predicted molar refractivity (Wildman–Crippen MR) is 96.5 cm³/mol. The standard InChI is InChI=1S/C16H17N3O7S/c1-10(2)26-12-3-5-13(6-4-12)27(24,25)18-17-9-11-7-14(19(22)23)16(21)8-15(11)20/h3-10,18,20-21H,1-2H3/b17-9+. The molecule has 0 unspecified atom stereocenters. The van der Waals surface area contributed by atoms with E-state index in [1.807, 2.05) is 18.7 Å². The highest BCUT2D eigenvalue weighted by Crippen LogP contribution is 2.32. The zero-order valence-electron chi connectivity index (χ0n) is 14.4. The van der Waals surface area contributed by atoms with Gasteiger partial charge in [0.15, 0.2) is 5.75 Å². The third kappa shape index (κ3) is 5.07. The molecule has 3 N–H and O–H groups in total. The van der Waals surface area contributed by atoms with Gasteiger partial charge in [0, 0.05) is 17.7 Å². The topological polar surface area (TPSA) is 151 Å². The molecule has 2 rings (SSSR count). The van der Waals surface area contributed by atoms with Crippen LogP contribution < -0.4 is 9.57 Å². The molecule has 0 saturated carbocycles. The third-order valence-electron chi connectivity index (χ3n) is 3.20. The van der Waals surface area contributed by atoms with E-state index >= 15 is 0 Å². The van der Waals surface area contributed by atoms with Gasteiger partial charge >= 0.3 is 5.69 Å². The Morgan fingerprint density at radius 3 is 2.37 bits per heavy atom. The fraction of sp³-hybridized carbons (Fsp3) is 0.188. The maximum absolute atomic E-state index is 12.2. The van der Waals surface area contributed by atoms with Crippen molar-refractivity contribution >= 4 is 21.9 Å². The van der Waals surface area contributed by atoms with Gasteiger partial charge in [-0.3, -0.25) is 10.1 Å². The van der Waals surface area contributed by atoms with Crippen LogP contribution in [-0.4, -0.2) is 35.9 Å². The van der Waals surface area contributed by atoms with Crippen LogP contribution in [0.2, 0.25) is 0 Å². The molecule has 0 aliphatic heterocycles. The summed E-state index contributed by atoms with van der Waals surface area (Å²) in [5.41, 5.74) is -0.805. The van der Waals surface area contributed by atoms with Gasteiger partial charge in [-0.15, -0.1) is 0 Å². The number of phenols is 2. The number of phenolic OH excluding ortho intramolecular Hbond substituents is 2. The van der Waals surface area contributed by atoms with Crippen molar-refractivity contribution in [2.24, 2.45) is 5.10 Å². The van der Waals surface area contributed by atoms with Crippen molar-refractivity contribution in [2.75, 3.05) is 0 Å². The van der Waals surface area contributed by atoms with E-state index in [-0.39, 0.29) is 16.6 Å². The predicted octanol–water partition coefficient (Wildman–Crippen LogP) is 2.11. The summed E-state index contributed by atoms with van der Waals surface area (Å²) in [6.45, 7) is 3.67. The Morgan fingerprint density at radius 1 is 1.19 bits per heavy atom. The van der Waals surface area contributed by atoms with E-state index in [1.54, 1.807) is 0 Å². The number of nitrogens with one attached hydrogen (secondary N) is 1. The lowest BCUT2D eigenvalue weighted by molar-refractivity contribution is -0.385. The molecule has 0 aromatic heterocycles. The van der Waals surface area contributed by atoms with Gasteiger partial charge in [-0.2, -0.15) is 13.5 Å². The number of nitro groups is 1. The van der Waals surface area contributed by atoms with Gasteiger partial charge in [0.05, 0.1) is 22.1 Å². The molecule has 0 heterocycles. The van der Waals surface area contributed by atoms with E-state index in [0.29, 0.717) is 5.75 Å². The number of hydrogen-bond acceptors (Lipinski definition) is 8. The number of benzene rings is 2. The number of ether oxygens (including phenoxy) is 1. The minimum absolute atomic E-state index is 0.0581. The second-order valence-electron chi connectivity index (χ2n) is 5.65. The Kier molecular flexibility index (Phi) is 5.85. The highest BCUT2D eigenvalue weighted by molar-refractivity contribution is 7.89. The lowest BCUT2D eigenvalue weighted by Gasteiger charge is -2.10. The van der Waals surface area contributed by atoms with Gasteiger partial charge in [0.1, 0.15) is 11.5 Å². The second kappa shape index (κ2) is 7.91. The molecule has 0 saturated heterocycles. The molecule has 0 bridgehead atoms. The minimum Gasteiger partial charge on any atom is -0.507 e. The first-order valence-corrected chi connectivity index (χ1v) is 9.10. The van der Waals surface area contributed by atoms with Crippen LogP contribution >= 0.6 is 0 Å². The first-order chi connectivity index (χ1) is 12.6. The average Bonchev–Trinajstić information content (AvgIpc) is 2.56. The van der Waals surface area contributed by atoms with Crippen molar-refractivity contribution in [3.05, 3.63) is 52.1 Å². The molecule has 2 aromatic carbocycles. The summed E-state index contributed by atoms with van der Waals surface area (Å²) in [6, 6.07) is 7.28. The van der Waals surface area contributed by atoms with Gasteiger partial charge in [0.25, 0.3) is 10.0 Å². The number of nitro benzene ring substituents is 1. The summed E-state index contributed by atoms with van der Waals surface area (Å²) in [5, 5.41) is 33.4. The van der Waals surface area contributed by atoms with Gasteiger partial charge < -0.3 is 14.9 Å². The van der Waals surface area contributed by atoms with E-state index in [2.05, 4.69) is 5.10 Å². The minimum atomic E-state index is -3.99. The molecule has 10 nitrogen and oxygen atoms in total. The molecule has 0 radical (unpaired) electrons. The zero-order chi connectivity index (χ0) is 20.2. The number of hydrogen-bond donors (Lipinski definition) is 3. The fourth-order valence-corrected chi connectivity index (χ4v) is 2.81. The summed E-state index contributed by atoms with van der Waals surface area (Å²) in [7, 11) is -3.99. The summed E-state index contributed by atoms with van der Waals surface area (Å²) >= 11 is 0. The highest BCUT2D eigenvalue weighted by atomic mass is 32.2. The molecule has 27 heavy (non-hydrogen) atoms. The lowest BCUT2D eigenvalue weighted by atomic mass is 10.2. The van der Waals surface area contributed by atoms with Crippen molar-refractivity contribution in [2.45, 2.75) is 24.8 Å². The Balaban J connectivity index is 2.17. The molecule has 0 fully saturated rings. The second-order valence-corrected chi connectivity index (χ2v) is 7.31. The van der Waals surface area contributed by atoms with Crippen LogP contribution in [0.1, 0.15) is 19.4 Å². The number of hydrazone groups is 1. The first-order valence-electron chi connectivity index (χ1n) is 7.62. The highest BCUT2D eigenvalue weighted by Gasteiger charge is 2.17. The van der Waals surface area contributed by atoms with Crippen LogP contribution in [0.3, 0.4) is 0 Å². The number of aromatic hydroxyl groups is 2. The van der Waals surface area contributed by atoms with Crippen molar-refractivity contribution in [1.29, 1.82) is 0 Å². The van der Waals surface area contributed by atoms with E-state index in [4.69, 9.17) is 4.74 Å². The molecule has 0 amide bonds. The van der Waals surface area contributed by atoms with Crippen LogP contribution in [0.5, 0.6) is 17.2 Å². The lowest BCUT2D eigenvalue weighted by Crippen LogP contribution is -2.18. The maximum Gasteiger partial charge on any atom is 0.311 e. The Labute approximate surface area is 154 Å². The number of rotatable bonds is 7. The largest absolute Gasteiger partial charge is 0.507 e. The summed E-state index contributed by atoms with van der Waals surface area (Å²) < 4.78 is 29.8. The van der Waals surface area contributed by atoms with E-state index in [0.717, 1.165) is 18.3 Å². The van der Waals surface area contributed by atoms with Crippen molar-refractivity contribution < 1.29 is 28.3 Å². The fourth-order valence-electron chi connectivity index (χ4n) is 2.02. The van der Waals surface area contributed by atoms with Crippen LogP contribution in [0.4, 0.5) is 5.69 Å². The SMILES string of the molecule is CC(C)Oc1ccc(S(=O)(=O)N/N=C/c2cc([N+](=O)[O-])c(O)cc2O)cc1. The van der Waals surface area contributed by atoms with Gasteiger partial charge in [-0.1, -0.05) is 0 Å². The Hall–Kier alpha value is -3.34. The van der Waals surface area contributed by atoms with Crippen molar-refractivity contribution in [3.8, 4) is 17.2 Å².